The van der Waals surface area contributed by atoms with Gasteiger partial charge in [0.25, 0.3) is 5.91 Å². The molecule has 4 amide bonds. The van der Waals surface area contributed by atoms with Crippen LogP contribution in [-0.2, 0) is 30.3 Å². The topological polar surface area (TPSA) is 157 Å². The van der Waals surface area contributed by atoms with Crippen LogP contribution in [0.1, 0.15) is 16.1 Å². The lowest BCUT2D eigenvalue weighted by molar-refractivity contribution is -0.140. The van der Waals surface area contributed by atoms with Crippen molar-refractivity contribution in [3.8, 4) is 5.69 Å². The number of hydrogen-bond donors (Lipinski definition) is 3. The maximum Gasteiger partial charge on any atom is 0.251 e. The van der Waals surface area contributed by atoms with E-state index in [0.717, 1.165) is 5.69 Å². The van der Waals surface area contributed by atoms with Crippen LogP contribution >= 0.6 is 0 Å². The van der Waals surface area contributed by atoms with Crippen LogP contribution in [0, 0.1) is 5.82 Å². The summed E-state index contributed by atoms with van der Waals surface area (Å²) in [5, 5.41) is 16.3. The number of para-hydroxylation sites is 1. The summed E-state index contributed by atoms with van der Waals surface area (Å²) in [5.74, 6) is -2.45. The molecule has 0 saturated carbocycles. The molecule has 0 spiro atoms. The predicted molar refractivity (Wildman–Crippen MR) is 147 cm³/mol. The Labute approximate surface area is 241 Å². The van der Waals surface area contributed by atoms with Gasteiger partial charge in [0.05, 0.1) is 43.9 Å². The lowest BCUT2D eigenvalue weighted by atomic mass is 10.1. The first-order valence-electron chi connectivity index (χ1n) is 13.4. The highest BCUT2D eigenvalue weighted by molar-refractivity contribution is 5.94. The maximum absolute atomic E-state index is 13.2. The van der Waals surface area contributed by atoms with Crippen molar-refractivity contribution in [2.45, 2.75) is 12.5 Å². The number of halogens is 1. The van der Waals surface area contributed by atoms with E-state index in [-0.39, 0.29) is 64.6 Å². The highest BCUT2D eigenvalue weighted by Crippen LogP contribution is 2.08. The maximum atomic E-state index is 13.2. The van der Waals surface area contributed by atoms with E-state index >= 15 is 0 Å². The van der Waals surface area contributed by atoms with Gasteiger partial charge in [-0.1, -0.05) is 23.4 Å². The molecule has 222 valence electrons. The first-order chi connectivity index (χ1) is 20.4. The van der Waals surface area contributed by atoms with E-state index in [1.807, 2.05) is 30.3 Å². The molecular formula is C28H32FN7O6. The molecule has 2 aromatic carbocycles. The second-order valence-electron chi connectivity index (χ2n) is 9.35. The van der Waals surface area contributed by atoms with Gasteiger partial charge in [-0.15, -0.1) is 5.10 Å². The summed E-state index contributed by atoms with van der Waals surface area (Å²) in [7, 11) is 0. The number of nitrogens with zero attached hydrogens (tertiary/aromatic N) is 4. The van der Waals surface area contributed by atoms with Crippen LogP contribution in [0.15, 0.2) is 60.8 Å². The van der Waals surface area contributed by atoms with Crippen LogP contribution < -0.4 is 16.0 Å². The third kappa shape index (κ3) is 9.17. The minimum atomic E-state index is -1.00. The Bertz CT molecular complexity index is 1350. The second-order valence-corrected chi connectivity index (χ2v) is 9.35. The molecule has 2 heterocycles. The summed E-state index contributed by atoms with van der Waals surface area (Å²) in [6.45, 7) is 0.0960. The average Bonchev–Trinajstić information content (AvgIpc) is 3.46. The Hall–Kier alpha value is -4.69. The van der Waals surface area contributed by atoms with Crippen molar-refractivity contribution in [2.75, 3.05) is 52.6 Å². The van der Waals surface area contributed by atoms with Gasteiger partial charge < -0.3 is 30.3 Å². The average molecular weight is 582 g/mol. The van der Waals surface area contributed by atoms with Gasteiger partial charge in [-0.2, -0.15) is 0 Å². The molecule has 1 saturated heterocycles. The van der Waals surface area contributed by atoms with Crippen molar-refractivity contribution in [2.24, 2.45) is 0 Å². The number of aromatic nitrogens is 3. The van der Waals surface area contributed by atoms with Crippen LogP contribution in [-0.4, -0.2) is 102 Å². The quantitative estimate of drug-likeness (QED) is 0.348. The molecule has 3 N–H and O–H groups in total. The van der Waals surface area contributed by atoms with Gasteiger partial charge in [-0.25, -0.2) is 9.07 Å². The van der Waals surface area contributed by atoms with Crippen LogP contribution in [0.3, 0.4) is 0 Å². The molecule has 1 aliphatic heterocycles. The number of carbonyl (C=O) groups is 4. The zero-order valence-corrected chi connectivity index (χ0v) is 22.8. The normalized spacial score (nSPS) is 17.5. The molecule has 1 atom stereocenters. The molecule has 0 bridgehead atoms. The Morgan fingerprint density at radius 1 is 1.02 bits per heavy atom. The molecule has 13 nitrogen and oxygen atoms in total. The van der Waals surface area contributed by atoms with E-state index in [1.165, 1.54) is 29.2 Å². The number of nitrogens with one attached hydrogen (secondary N) is 3. The van der Waals surface area contributed by atoms with E-state index in [4.69, 9.17) is 9.47 Å². The minimum Gasteiger partial charge on any atom is -0.377 e. The summed E-state index contributed by atoms with van der Waals surface area (Å²) >= 11 is 0. The van der Waals surface area contributed by atoms with Crippen molar-refractivity contribution in [1.29, 1.82) is 0 Å². The summed E-state index contributed by atoms with van der Waals surface area (Å²) in [5.41, 5.74) is 1.50. The summed E-state index contributed by atoms with van der Waals surface area (Å²) in [6.07, 6.45) is 1.72. The van der Waals surface area contributed by atoms with Crippen molar-refractivity contribution in [1.82, 2.24) is 35.8 Å². The van der Waals surface area contributed by atoms with Crippen LogP contribution in [0.4, 0.5) is 4.39 Å². The van der Waals surface area contributed by atoms with Crippen molar-refractivity contribution < 1.29 is 33.0 Å². The number of hydrogen-bond acceptors (Lipinski definition) is 8. The van der Waals surface area contributed by atoms with E-state index in [0.29, 0.717) is 5.69 Å². The van der Waals surface area contributed by atoms with E-state index in [9.17, 15) is 23.6 Å². The van der Waals surface area contributed by atoms with E-state index in [1.54, 1.807) is 10.9 Å². The van der Waals surface area contributed by atoms with Gasteiger partial charge >= 0.3 is 0 Å². The third-order valence-electron chi connectivity index (χ3n) is 6.23. The zero-order chi connectivity index (χ0) is 29.7. The fourth-order valence-electron chi connectivity index (χ4n) is 4.07. The van der Waals surface area contributed by atoms with Crippen molar-refractivity contribution >= 4 is 23.6 Å². The molecular weight excluding hydrogens is 549 g/mol. The first-order valence-corrected chi connectivity index (χ1v) is 13.4. The highest BCUT2D eigenvalue weighted by atomic mass is 19.1. The molecule has 0 radical (unpaired) electrons. The number of rotatable bonds is 7. The Morgan fingerprint density at radius 3 is 2.57 bits per heavy atom. The fourth-order valence-corrected chi connectivity index (χ4v) is 4.07. The van der Waals surface area contributed by atoms with Crippen LogP contribution in [0.5, 0.6) is 0 Å². The van der Waals surface area contributed by atoms with E-state index in [2.05, 4.69) is 26.3 Å². The lowest BCUT2D eigenvalue weighted by Crippen LogP contribution is -2.52. The lowest BCUT2D eigenvalue weighted by Gasteiger charge is -2.24. The zero-order valence-electron chi connectivity index (χ0n) is 22.8. The number of carbonyl (C=O) groups excluding carboxylic acids is 4. The molecule has 0 unspecified atom stereocenters. The molecule has 1 fully saturated rings. The Morgan fingerprint density at radius 2 is 1.79 bits per heavy atom. The molecule has 14 heteroatoms. The van der Waals surface area contributed by atoms with Gasteiger partial charge in [0, 0.05) is 31.6 Å². The SMILES string of the molecule is O=C1CN(CCNC(=O)c2ccc(F)cc2)C(=O)COCCOCCNC(=O)[C@@H](Cc2cn(-c3ccccc3)nn2)N1. The van der Waals surface area contributed by atoms with Gasteiger partial charge in [-0.3, -0.25) is 19.2 Å². The Balaban J connectivity index is 1.42. The van der Waals surface area contributed by atoms with Gasteiger partial charge in [0.2, 0.25) is 17.7 Å². The number of ether oxygens (including phenoxy) is 2. The molecule has 3 aromatic rings. The molecule has 4 rings (SSSR count). The molecule has 1 aromatic heterocycles. The summed E-state index contributed by atoms with van der Waals surface area (Å²) in [4.78, 5) is 52.6. The smallest absolute Gasteiger partial charge is 0.251 e. The molecule has 1 aliphatic rings. The fraction of sp³-hybridized carbons (Fsp3) is 0.357. The van der Waals surface area contributed by atoms with E-state index < -0.39 is 35.5 Å². The summed E-state index contributed by atoms with van der Waals surface area (Å²) in [6, 6.07) is 13.3. The van der Waals surface area contributed by atoms with Crippen LogP contribution in [0.25, 0.3) is 5.69 Å². The molecule has 0 aliphatic carbocycles. The standard InChI is InChI=1S/C28H32FN7O6/c29-21-8-6-20(7-9-21)27(39)30-10-12-35-18-25(37)32-24(28(40)31-11-13-41-14-15-42-19-26(35)38)16-22-17-36(34-33-22)23-4-2-1-3-5-23/h1-9,17,24H,10-16,18-19H2,(H,30,39)(H,31,40)(H,32,37)/t24-/m1/s1. The second kappa shape index (κ2) is 15.3. The minimum absolute atomic E-state index is 0.0126. The van der Waals surface area contributed by atoms with Gasteiger partial charge in [-0.05, 0) is 36.4 Å². The van der Waals surface area contributed by atoms with Crippen molar-refractivity contribution in [3.05, 3.63) is 77.9 Å². The number of benzene rings is 2. The summed E-state index contributed by atoms with van der Waals surface area (Å²) < 4.78 is 25.5. The number of amides is 4. The highest BCUT2D eigenvalue weighted by Gasteiger charge is 2.25. The first kappa shape index (κ1) is 30.3. The third-order valence-corrected chi connectivity index (χ3v) is 6.23. The van der Waals surface area contributed by atoms with Gasteiger partial charge in [0.15, 0.2) is 0 Å². The largest absolute Gasteiger partial charge is 0.377 e. The molecule has 42 heavy (non-hydrogen) atoms. The van der Waals surface area contributed by atoms with Crippen molar-refractivity contribution in [3.63, 3.8) is 0 Å². The monoisotopic (exact) mass is 581 g/mol. The van der Waals surface area contributed by atoms with Crippen LogP contribution in [0.2, 0.25) is 0 Å². The predicted octanol–water partition coefficient (Wildman–Crippen LogP) is -0.145. The Kier molecular flexibility index (Phi) is 11.1. The van der Waals surface area contributed by atoms with Gasteiger partial charge in [0.1, 0.15) is 18.5 Å².